The SMILES string of the molecule is CC(C)c1ccc(NC(=S)N(CCC[NH+](C)C)[C@H]2CCS(=O)(=O)C2)cc1. The fourth-order valence-corrected chi connectivity index (χ4v) is 5.31. The van der Waals surface area contributed by atoms with E-state index in [-0.39, 0.29) is 17.5 Å². The fraction of sp³-hybridized carbons (Fsp3) is 0.632. The van der Waals surface area contributed by atoms with E-state index in [0.29, 0.717) is 17.5 Å². The first-order valence-corrected chi connectivity index (χ1v) is 11.6. The van der Waals surface area contributed by atoms with Crippen LogP contribution >= 0.6 is 12.2 Å². The molecule has 0 amide bonds. The van der Waals surface area contributed by atoms with Gasteiger partial charge in [0.2, 0.25) is 0 Å². The van der Waals surface area contributed by atoms with E-state index in [9.17, 15) is 8.42 Å². The first-order chi connectivity index (χ1) is 12.2. The van der Waals surface area contributed by atoms with Gasteiger partial charge < -0.3 is 15.1 Å². The second-order valence-corrected chi connectivity index (χ2v) is 10.4. The van der Waals surface area contributed by atoms with Crippen LogP contribution in [0.15, 0.2) is 24.3 Å². The minimum atomic E-state index is -2.94. The van der Waals surface area contributed by atoms with Crippen LogP contribution in [0.3, 0.4) is 0 Å². The van der Waals surface area contributed by atoms with Crippen LogP contribution in [0, 0.1) is 0 Å². The van der Waals surface area contributed by atoms with Gasteiger partial charge in [0.05, 0.1) is 32.1 Å². The maximum atomic E-state index is 11.9. The average Bonchev–Trinajstić information content (AvgIpc) is 2.91. The molecule has 0 spiro atoms. The van der Waals surface area contributed by atoms with Gasteiger partial charge in [-0.25, -0.2) is 8.42 Å². The van der Waals surface area contributed by atoms with Crippen molar-refractivity contribution in [3.8, 4) is 0 Å². The maximum Gasteiger partial charge on any atom is 0.173 e. The number of benzene rings is 1. The fourth-order valence-electron chi connectivity index (χ4n) is 3.22. The van der Waals surface area contributed by atoms with Gasteiger partial charge in [-0.1, -0.05) is 26.0 Å². The van der Waals surface area contributed by atoms with Gasteiger partial charge in [0.25, 0.3) is 0 Å². The Labute approximate surface area is 163 Å². The number of hydrogen-bond acceptors (Lipinski definition) is 3. The molecule has 1 aromatic carbocycles. The summed E-state index contributed by atoms with van der Waals surface area (Å²) in [5.41, 5.74) is 2.23. The lowest BCUT2D eigenvalue weighted by Crippen LogP contribution is -3.05. The van der Waals surface area contributed by atoms with E-state index < -0.39 is 9.84 Å². The number of hydrogen-bond donors (Lipinski definition) is 2. The molecular formula is C19H32N3O2S2+. The van der Waals surface area contributed by atoms with Crippen molar-refractivity contribution >= 4 is 32.9 Å². The Morgan fingerprint density at radius 1 is 1.31 bits per heavy atom. The van der Waals surface area contributed by atoms with E-state index in [0.717, 1.165) is 25.2 Å². The second-order valence-electron chi connectivity index (χ2n) is 7.77. The Morgan fingerprint density at radius 3 is 2.46 bits per heavy atom. The highest BCUT2D eigenvalue weighted by Gasteiger charge is 2.33. The molecule has 2 rings (SSSR count). The van der Waals surface area contributed by atoms with Crippen molar-refractivity contribution in [2.24, 2.45) is 0 Å². The quantitative estimate of drug-likeness (QED) is 0.683. The Bertz CT molecular complexity index is 700. The molecular weight excluding hydrogens is 366 g/mol. The summed E-state index contributed by atoms with van der Waals surface area (Å²) in [4.78, 5) is 3.46. The molecule has 1 aliphatic heterocycles. The number of sulfone groups is 1. The smallest absolute Gasteiger partial charge is 0.173 e. The molecule has 5 nitrogen and oxygen atoms in total. The lowest BCUT2D eigenvalue weighted by Gasteiger charge is -2.31. The third-order valence-corrected chi connectivity index (χ3v) is 6.90. The molecule has 1 saturated heterocycles. The molecule has 0 saturated carbocycles. The highest BCUT2D eigenvalue weighted by molar-refractivity contribution is 7.91. The normalized spacial score (nSPS) is 19.1. The van der Waals surface area contributed by atoms with Gasteiger partial charge in [-0.2, -0.15) is 0 Å². The summed E-state index contributed by atoms with van der Waals surface area (Å²) in [6, 6.07) is 8.27. The summed E-state index contributed by atoms with van der Waals surface area (Å²) >= 11 is 5.65. The third kappa shape index (κ3) is 6.21. The van der Waals surface area contributed by atoms with Crippen molar-refractivity contribution in [1.82, 2.24) is 4.90 Å². The summed E-state index contributed by atoms with van der Waals surface area (Å²) < 4.78 is 23.8. The van der Waals surface area contributed by atoms with Crippen LogP contribution in [0.2, 0.25) is 0 Å². The zero-order valence-corrected chi connectivity index (χ0v) is 17.9. The zero-order valence-electron chi connectivity index (χ0n) is 16.3. The largest absolute Gasteiger partial charge is 0.345 e. The van der Waals surface area contributed by atoms with Crippen molar-refractivity contribution in [1.29, 1.82) is 0 Å². The van der Waals surface area contributed by atoms with E-state index in [1.807, 2.05) is 12.1 Å². The number of rotatable bonds is 7. The summed E-state index contributed by atoms with van der Waals surface area (Å²) in [7, 11) is 1.31. The molecule has 2 N–H and O–H groups in total. The Kier molecular flexibility index (Phi) is 7.43. The van der Waals surface area contributed by atoms with E-state index >= 15 is 0 Å². The molecule has 1 aromatic rings. The van der Waals surface area contributed by atoms with Crippen LogP contribution < -0.4 is 10.2 Å². The van der Waals surface area contributed by atoms with Crippen molar-refractivity contribution in [2.75, 3.05) is 44.0 Å². The topological polar surface area (TPSA) is 53.9 Å². The number of nitrogens with zero attached hydrogens (tertiary/aromatic N) is 1. The minimum absolute atomic E-state index is 0.0212. The lowest BCUT2D eigenvalue weighted by molar-refractivity contribution is -0.858. The van der Waals surface area contributed by atoms with E-state index in [2.05, 4.69) is 50.3 Å². The molecule has 146 valence electrons. The molecule has 7 heteroatoms. The van der Waals surface area contributed by atoms with Gasteiger partial charge in [0, 0.05) is 24.7 Å². The van der Waals surface area contributed by atoms with Crippen molar-refractivity contribution in [3.05, 3.63) is 29.8 Å². The van der Waals surface area contributed by atoms with Crippen LogP contribution in [-0.4, -0.2) is 63.2 Å². The van der Waals surface area contributed by atoms with E-state index in [4.69, 9.17) is 12.2 Å². The van der Waals surface area contributed by atoms with Gasteiger partial charge in [-0.05, 0) is 42.3 Å². The van der Waals surface area contributed by atoms with Crippen LogP contribution in [0.25, 0.3) is 0 Å². The zero-order chi connectivity index (χ0) is 19.3. The maximum absolute atomic E-state index is 11.9. The summed E-state index contributed by atoms with van der Waals surface area (Å²) in [6.45, 7) is 6.15. The minimum Gasteiger partial charge on any atom is -0.345 e. The highest BCUT2D eigenvalue weighted by Crippen LogP contribution is 2.21. The first kappa shape index (κ1) is 21.1. The molecule has 1 heterocycles. The van der Waals surface area contributed by atoms with Crippen LogP contribution in [0.5, 0.6) is 0 Å². The monoisotopic (exact) mass is 398 g/mol. The molecule has 1 atom stereocenters. The van der Waals surface area contributed by atoms with Crippen LogP contribution in [-0.2, 0) is 9.84 Å². The molecule has 1 fully saturated rings. The van der Waals surface area contributed by atoms with Crippen molar-refractivity contribution < 1.29 is 13.3 Å². The Morgan fingerprint density at radius 2 is 1.96 bits per heavy atom. The molecule has 0 radical (unpaired) electrons. The van der Waals surface area contributed by atoms with E-state index in [1.165, 1.54) is 10.5 Å². The first-order valence-electron chi connectivity index (χ1n) is 9.35. The van der Waals surface area contributed by atoms with Crippen molar-refractivity contribution in [2.45, 2.75) is 38.6 Å². The van der Waals surface area contributed by atoms with Gasteiger partial charge in [-0.3, -0.25) is 0 Å². The van der Waals surface area contributed by atoms with Gasteiger partial charge >= 0.3 is 0 Å². The summed E-state index contributed by atoms with van der Waals surface area (Å²) in [5.74, 6) is 0.957. The number of nitrogens with one attached hydrogen (secondary N) is 2. The molecule has 26 heavy (non-hydrogen) atoms. The number of quaternary nitrogens is 1. The number of anilines is 1. The van der Waals surface area contributed by atoms with Gasteiger partial charge in [0.15, 0.2) is 14.9 Å². The second kappa shape index (κ2) is 9.15. The molecule has 0 unspecified atom stereocenters. The Balaban J connectivity index is 2.06. The standard InChI is InChI=1S/C19H31N3O2S2/c1-15(2)16-6-8-17(9-7-16)20-19(25)22(12-5-11-21(3)4)18-10-13-26(23,24)14-18/h6-9,15,18H,5,10-14H2,1-4H3,(H,20,25)/p+1/t18-/m0/s1. The number of thiocarbonyl (C=S) groups is 1. The van der Waals surface area contributed by atoms with Gasteiger partial charge in [-0.15, -0.1) is 0 Å². The van der Waals surface area contributed by atoms with E-state index in [1.54, 1.807) is 0 Å². The molecule has 1 aliphatic rings. The highest BCUT2D eigenvalue weighted by atomic mass is 32.2. The molecule has 0 bridgehead atoms. The summed E-state index contributed by atoms with van der Waals surface area (Å²) in [5, 5.41) is 3.93. The van der Waals surface area contributed by atoms with Gasteiger partial charge in [0.1, 0.15) is 0 Å². The summed E-state index contributed by atoms with van der Waals surface area (Å²) in [6.07, 6.45) is 1.64. The van der Waals surface area contributed by atoms with Crippen molar-refractivity contribution in [3.63, 3.8) is 0 Å². The predicted molar refractivity (Wildman–Crippen MR) is 113 cm³/mol. The van der Waals surface area contributed by atoms with Crippen LogP contribution in [0.1, 0.15) is 38.2 Å². The molecule has 0 aromatic heterocycles. The third-order valence-electron chi connectivity index (χ3n) is 4.81. The lowest BCUT2D eigenvalue weighted by atomic mass is 10.0. The average molecular weight is 399 g/mol. The predicted octanol–water partition coefficient (Wildman–Crippen LogP) is 1.53. The Hall–Kier alpha value is -1.18. The van der Waals surface area contributed by atoms with Crippen LogP contribution in [0.4, 0.5) is 5.69 Å². The molecule has 0 aliphatic carbocycles.